The number of hydrogen-bond donors (Lipinski definition) is 1. The molecule has 1 aliphatic rings. The first kappa shape index (κ1) is 12.6. The van der Waals surface area contributed by atoms with Gasteiger partial charge in [0.05, 0.1) is 0 Å². The maximum atomic E-state index is 14.1. The smallest absolute Gasteiger partial charge is 0.142 e. The van der Waals surface area contributed by atoms with Gasteiger partial charge in [0.15, 0.2) is 0 Å². The van der Waals surface area contributed by atoms with E-state index in [4.69, 9.17) is 5.73 Å². The summed E-state index contributed by atoms with van der Waals surface area (Å²) in [6.07, 6.45) is 3.75. The van der Waals surface area contributed by atoms with Gasteiger partial charge in [-0.3, -0.25) is 0 Å². The molecule has 0 fully saturated rings. The molecule has 1 heterocycles. The standard InChI is InChI=1S/C16H14FN3/c17-13-7-3-1-5-10(13)15-11-6-2-4-8-14(11)20-16(19)12(15)9-18/h1,3,5,7H,2,4,6,8H2,(H2,19,20). The second-order valence-corrected chi connectivity index (χ2v) is 4.97. The summed E-state index contributed by atoms with van der Waals surface area (Å²) in [7, 11) is 0. The predicted octanol–water partition coefficient (Wildman–Crippen LogP) is 3.22. The number of nitriles is 1. The van der Waals surface area contributed by atoms with Crippen molar-refractivity contribution in [1.29, 1.82) is 5.26 Å². The topological polar surface area (TPSA) is 62.7 Å². The molecule has 0 spiro atoms. The first-order valence-electron chi connectivity index (χ1n) is 6.68. The van der Waals surface area contributed by atoms with Gasteiger partial charge >= 0.3 is 0 Å². The van der Waals surface area contributed by atoms with Gasteiger partial charge in [-0.2, -0.15) is 5.26 Å². The minimum absolute atomic E-state index is 0.200. The lowest BCUT2D eigenvalue weighted by Crippen LogP contribution is -2.12. The summed E-state index contributed by atoms with van der Waals surface area (Å²) in [6.45, 7) is 0. The van der Waals surface area contributed by atoms with Crippen LogP contribution in [0, 0.1) is 17.1 Å². The van der Waals surface area contributed by atoms with Crippen molar-refractivity contribution in [2.45, 2.75) is 25.7 Å². The number of pyridine rings is 1. The molecular formula is C16H14FN3. The molecule has 0 unspecified atom stereocenters. The second kappa shape index (κ2) is 4.93. The summed E-state index contributed by atoms with van der Waals surface area (Å²) in [4.78, 5) is 4.33. The van der Waals surface area contributed by atoms with Crippen molar-refractivity contribution in [2.24, 2.45) is 0 Å². The van der Waals surface area contributed by atoms with Crippen molar-refractivity contribution in [1.82, 2.24) is 4.98 Å². The van der Waals surface area contributed by atoms with Crippen LogP contribution in [0.15, 0.2) is 24.3 Å². The molecule has 20 heavy (non-hydrogen) atoms. The molecule has 1 aromatic carbocycles. The molecule has 1 aliphatic carbocycles. The van der Waals surface area contributed by atoms with E-state index in [0.717, 1.165) is 36.9 Å². The number of benzene rings is 1. The molecule has 2 N–H and O–H groups in total. The molecule has 0 amide bonds. The van der Waals surface area contributed by atoms with Gasteiger partial charge in [-0.05, 0) is 37.3 Å². The minimum atomic E-state index is -0.331. The van der Waals surface area contributed by atoms with Crippen LogP contribution < -0.4 is 5.73 Å². The van der Waals surface area contributed by atoms with Gasteiger partial charge in [0.1, 0.15) is 23.3 Å². The van der Waals surface area contributed by atoms with E-state index in [1.54, 1.807) is 18.2 Å². The average molecular weight is 267 g/mol. The highest BCUT2D eigenvalue weighted by molar-refractivity contribution is 5.79. The maximum absolute atomic E-state index is 14.1. The van der Waals surface area contributed by atoms with Crippen LogP contribution in [0.3, 0.4) is 0 Å². The summed E-state index contributed by atoms with van der Waals surface area (Å²) in [5.74, 6) is -0.131. The van der Waals surface area contributed by atoms with Gasteiger partial charge in [0.25, 0.3) is 0 Å². The Balaban J connectivity index is 2.36. The van der Waals surface area contributed by atoms with Gasteiger partial charge < -0.3 is 5.73 Å². The second-order valence-electron chi connectivity index (χ2n) is 4.97. The SMILES string of the molecule is N#Cc1c(N)nc2c(c1-c1ccccc1F)CCCC2. The summed E-state index contributed by atoms with van der Waals surface area (Å²) in [6, 6.07) is 8.59. The van der Waals surface area contributed by atoms with Gasteiger partial charge in [-0.25, -0.2) is 9.37 Å². The lowest BCUT2D eigenvalue weighted by atomic mass is 9.86. The molecule has 4 heteroatoms. The fourth-order valence-corrected chi connectivity index (χ4v) is 2.84. The monoisotopic (exact) mass is 267 g/mol. The third-order valence-electron chi connectivity index (χ3n) is 3.76. The fourth-order valence-electron chi connectivity index (χ4n) is 2.84. The highest BCUT2D eigenvalue weighted by atomic mass is 19.1. The van der Waals surface area contributed by atoms with Crippen LogP contribution in [-0.2, 0) is 12.8 Å². The Morgan fingerprint density at radius 1 is 1.20 bits per heavy atom. The lowest BCUT2D eigenvalue weighted by molar-refractivity contribution is 0.629. The molecule has 0 aliphatic heterocycles. The van der Waals surface area contributed by atoms with Gasteiger partial charge in [-0.15, -0.1) is 0 Å². The first-order valence-corrected chi connectivity index (χ1v) is 6.68. The van der Waals surface area contributed by atoms with E-state index in [2.05, 4.69) is 11.1 Å². The Morgan fingerprint density at radius 2 is 1.95 bits per heavy atom. The molecule has 0 bridgehead atoms. The Kier molecular flexibility index (Phi) is 3.11. The summed E-state index contributed by atoms with van der Waals surface area (Å²) < 4.78 is 14.1. The zero-order valence-corrected chi connectivity index (χ0v) is 11.0. The van der Waals surface area contributed by atoms with Gasteiger partial charge in [0, 0.05) is 16.8 Å². The Labute approximate surface area is 116 Å². The normalized spacial score (nSPS) is 13.6. The fraction of sp³-hybridized carbons (Fsp3) is 0.250. The third-order valence-corrected chi connectivity index (χ3v) is 3.76. The minimum Gasteiger partial charge on any atom is -0.383 e. The van der Waals surface area contributed by atoms with Gasteiger partial charge in [0.2, 0.25) is 0 Å². The van der Waals surface area contributed by atoms with Crippen LogP contribution in [0.1, 0.15) is 29.7 Å². The molecule has 3 nitrogen and oxygen atoms in total. The number of nitrogen functional groups attached to an aromatic ring is 1. The highest BCUT2D eigenvalue weighted by Crippen LogP contribution is 2.36. The number of fused-ring (bicyclic) bond motifs is 1. The average Bonchev–Trinajstić information content (AvgIpc) is 2.46. The molecule has 3 rings (SSSR count). The number of hydrogen-bond acceptors (Lipinski definition) is 3. The number of nitrogens with two attached hydrogens (primary N) is 1. The number of aryl methyl sites for hydroxylation is 1. The molecule has 0 saturated heterocycles. The van der Waals surface area contributed by atoms with E-state index in [0.29, 0.717) is 11.1 Å². The van der Waals surface area contributed by atoms with Crippen molar-refractivity contribution >= 4 is 5.82 Å². The first-order chi connectivity index (χ1) is 9.72. The zero-order chi connectivity index (χ0) is 14.1. The van der Waals surface area contributed by atoms with E-state index in [-0.39, 0.29) is 17.2 Å². The summed E-state index contributed by atoms with van der Waals surface area (Å²) in [5, 5.41) is 9.36. The van der Waals surface area contributed by atoms with Crippen LogP contribution in [0.4, 0.5) is 10.2 Å². The lowest BCUT2D eigenvalue weighted by Gasteiger charge is -2.21. The van der Waals surface area contributed by atoms with E-state index in [1.165, 1.54) is 6.07 Å². The number of halogens is 1. The van der Waals surface area contributed by atoms with E-state index >= 15 is 0 Å². The highest BCUT2D eigenvalue weighted by Gasteiger charge is 2.23. The number of aromatic nitrogens is 1. The Bertz CT molecular complexity index is 716. The molecule has 0 atom stereocenters. The molecule has 1 aromatic heterocycles. The maximum Gasteiger partial charge on any atom is 0.142 e. The zero-order valence-electron chi connectivity index (χ0n) is 11.0. The van der Waals surface area contributed by atoms with E-state index in [1.807, 2.05) is 0 Å². The summed E-state index contributed by atoms with van der Waals surface area (Å²) in [5.41, 5.74) is 9.14. The van der Waals surface area contributed by atoms with Crippen LogP contribution >= 0.6 is 0 Å². The third kappa shape index (κ3) is 1.92. The van der Waals surface area contributed by atoms with E-state index in [9.17, 15) is 9.65 Å². The molecule has 100 valence electrons. The summed E-state index contributed by atoms with van der Waals surface area (Å²) >= 11 is 0. The van der Waals surface area contributed by atoms with Gasteiger partial charge in [-0.1, -0.05) is 18.2 Å². The largest absolute Gasteiger partial charge is 0.383 e. The number of rotatable bonds is 1. The number of nitrogens with zero attached hydrogens (tertiary/aromatic N) is 2. The van der Waals surface area contributed by atoms with Crippen LogP contribution in [0.5, 0.6) is 0 Å². The molecule has 0 saturated carbocycles. The van der Waals surface area contributed by atoms with Crippen molar-refractivity contribution in [3.63, 3.8) is 0 Å². The predicted molar refractivity (Wildman–Crippen MR) is 75.4 cm³/mol. The van der Waals surface area contributed by atoms with Crippen LogP contribution in [0.25, 0.3) is 11.1 Å². The van der Waals surface area contributed by atoms with Crippen molar-refractivity contribution in [3.8, 4) is 17.2 Å². The Morgan fingerprint density at radius 3 is 2.70 bits per heavy atom. The Hall–Kier alpha value is -2.41. The van der Waals surface area contributed by atoms with Crippen LogP contribution in [-0.4, -0.2) is 4.98 Å². The van der Waals surface area contributed by atoms with Crippen molar-refractivity contribution < 1.29 is 4.39 Å². The quantitative estimate of drug-likeness (QED) is 0.862. The van der Waals surface area contributed by atoms with E-state index < -0.39 is 0 Å². The van der Waals surface area contributed by atoms with Crippen molar-refractivity contribution in [3.05, 3.63) is 46.9 Å². The number of anilines is 1. The molecular weight excluding hydrogens is 253 g/mol. The molecule has 2 aromatic rings. The van der Waals surface area contributed by atoms with Crippen LogP contribution in [0.2, 0.25) is 0 Å². The molecule has 0 radical (unpaired) electrons. The van der Waals surface area contributed by atoms with Crippen molar-refractivity contribution in [2.75, 3.05) is 5.73 Å².